The number of hydrogen-bond acceptors (Lipinski definition) is 5. The van der Waals surface area contributed by atoms with Crippen molar-refractivity contribution in [2.45, 2.75) is 13.3 Å². The first-order valence-corrected chi connectivity index (χ1v) is 7.46. The fourth-order valence-corrected chi connectivity index (χ4v) is 2.60. The highest BCUT2D eigenvalue weighted by atomic mass is 32.1. The lowest BCUT2D eigenvalue weighted by molar-refractivity contribution is -0.145. The van der Waals surface area contributed by atoms with Gasteiger partial charge in [-0.05, 0) is 24.9 Å². The van der Waals surface area contributed by atoms with Gasteiger partial charge >= 0.3 is 5.97 Å². The number of nitrogens with one attached hydrogen (secondary N) is 1. The van der Waals surface area contributed by atoms with Gasteiger partial charge in [0.1, 0.15) is 0 Å². The molecule has 0 aliphatic heterocycles. The van der Waals surface area contributed by atoms with Crippen LogP contribution in [0.15, 0.2) is 17.5 Å². The second-order valence-corrected chi connectivity index (χ2v) is 5.83. The molecule has 0 saturated carbocycles. The Kier molecular flexibility index (Phi) is 7.25. The molecule has 0 bridgehead atoms. The molecule has 1 aromatic heterocycles. The quantitative estimate of drug-likeness (QED) is 0.731. The van der Waals surface area contributed by atoms with Gasteiger partial charge in [0, 0.05) is 18.0 Å². The van der Waals surface area contributed by atoms with Gasteiger partial charge in [-0.3, -0.25) is 14.5 Å². The normalized spacial score (nSPS) is 12.2. The number of carbonyl (C=O) groups excluding carboxylic acids is 2. The zero-order valence-electron chi connectivity index (χ0n) is 12.2. The van der Waals surface area contributed by atoms with Crippen molar-refractivity contribution in [3.8, 4) is 0 Å². The third-order valence-electron chi connectivity index (χ3n) is 2.88. The third kappa shape index (κ3) is 6.16. The number of thiophene rings is 1. The lowest BCUT2D eigenvalue weighted by atomic mass is 10.2. The van der Waals surface area contributed by atoms with Crippen LogP contribution in [0.3, 0.4) is 0 Å². The van der Waals surface area contributed by atoms with Crippen LogP contribution in [-0.2, 0) is 20.7 Å². The topological polar surface area (TPSA) is 58.6 Å². The Labute approximate surface area is 123 Å². The summed E-state index contributed by atoms with van der Waals surface area (Å²) in [4.78, 5) is 26.1. The number of esters is 1. The first-order chi connectivity index (χ1) is 9.52. The Balaban J connectivity index is 2.19. The number of ether oxygens (including phenoxy) is 1. The number of methoxy groups -OCH3 is 1. The number of amides is 1. The summed E-state index contributed by atoms with van der Waals surface area (Å²) >= 11 is 1.69. The van der Waals surface area contributed by atoms with Crippen LogP contribution in [0.1, 0.15) is 11.8 Å². The first-order valence-electron chi connectivity index (χ1n) is 6.58. The van der Waals surface area contributed by atoms with E-state index in [1.165, 1.54) is 12.0 Å². The molecule has 0 saturated heterocycles. The van der Waals surface area contributed by atoms with Crippen molar-refractivity contribution in [2.24, 2.45) is 5.92 Å². The van der Waals surface area contributed by atoms with E-state index >= 15 is 0 Å². The van der Waals surface area contributed by atoms with Crippen LogP contribution in [0.25, 0.3) is 0 Å². The minimum atomic E-state index is -0.255. The van der Waals surface area contributed by atoms with Gasteiger partial charge in [0.25, 0.3) is 0 Å². The second kappa shape index (κ2) is 8.71. The molecular formula is C14H22N2O3S. The predicted octanol–water partition coefficient (Wildman–Crippen LogP) is 1.15. The van der Waals surface area contributed by atoms with Gasteiger partial charge in [-0.2, -0.15) is 0 Å². The summed E-state index contributed by atoms with van der Waals surface area (Å²) in [6.07, 6.45) is 0.853. The molecule has 20 heavy (non-hydrogen) atoms. The Bertz CT molecular complexity index is 420. The van der Waals surface area contributed by atoms with Crippen LogP contribution >= 0.6 is 11.3 Å². The number of hydrogen-bond donors (Lipinski definition) is 1. The number of likely N-dealkylation sites (N-methyl/N-ethyl adjacent to an activating group) is 1. The van der Waals surface area contributed by atoms with Gasteiger partial charge in [0.2, 0.25) is 5.91 Å². The molecule has 0 aliphatic rings. The monoisotopic (exact) mass is 298 g/mol. The molecule has 112 valence electrons. The third-order valence-corrected chi connectivity index (χ3v) is 3.81. The second-order valence-electron chi connectivity index (χ2n) is 4.80. The van der Waals surface area contributed by atoms with E-state index in [1.807, 2.05) is 23.4 Å². The highest BCUT2D eigenvalue weighted by Gasteiger charge is 2.16. The standard InChI is InChI=1S/C14H22N2O3S/c1-11(14(18)19-3)9-16(2)10-13(17)15-7-6-12-5-4-8-20-12/h4-5,8,11H,6-7,9-10H2,1-3H3,(H,15,17). The summed E-state index contributed by atoms with van der Waals surface area (Å²) in [5.74, 6) is -0.514. The molecule has 1 rings (SSSR count). The van der Waals surface area contributed by atoms with Gasteiger partial charge in [-0.25, -0.2) is 0 Å². The summed E-state index contributed by atoms with van der Waals surface area (Å²) in [7, 11) is 3.19. The van der Waals surface area contributed by atoms with E-state index in [9.17, 15) is 9.59 Å². The fraction of sp³-hybridized carbons (Fsp3) is 0.571. The Morgan fingerprint density at radius 1 is 1.50 bits per heavy atom. The number of carbonyl (C=O) groups is 2. The van der Waals surface area contributed by atoms with Crippen molar-refractivity contribution in [1.29, 1.82) is 0 Å². The molecule has 1 N–H and O–H groups in total. The molecule has 0 fully saturated rings. The van der Waals surface area contributed by atoms with Crippen LogP contribution in [0.5, 0.6) is 0 Å². The van der Waals surface area contributed by atoms with Crippen molar-refractivity contribution in [3.63, 3.8) is 0 Å². The molecule has 0 spiro atoms. The van der Waals surface area contributed by atoms with Crippen molar-refractivity contribution < 1.29 is 14.3 Å². The van der Waals surface area contributed by atoms with Gasteiger partial charge in [0.15, 0.2) is 0 Å². The Morgan fingerprint density at radius 3 is 2.85 bits per heavy atom. The zero-order chi connectivity index (χ0) is 15.0. The maximum atomic E-state index is 11.7. The Hall–Kier alpha value is -1.40. The predicted molar refractivity (Wildman–Crippen MR) is 79.7 cm³/mol. The highest BCUT2D eigenvalue weighted by Crippen LogP contribution is 2.08. The van der Waals surface area contributed by atoms with Crippen LogP contribution in [0.2, 0.25) is 0 Å². The zero-order valence-corrected chi connectivity index (χ0v) is 13.0. The average molecular weight is 298 g/mol. The summed E-state index contributed by atoms with van der Waals surface area (Å²) < 4.78 is 4.66. The Morgan fingerprint density at radius 2 is 2.25 bits per heavy atom. The van der Waals surface area contributed by atoms with Crippen molar-refractivity contribution in [3.05, 3.63) is 22.4 Å². The lowest BCUT2D eigenvalue weighted by Gasteiger charge is -2.19. The minimum Gasteiger partial charge on any atom is -0.469 e. The molecule has 1 aromatic rings. The first kappa shape index (κ1) is 16.7. The van der Waals surface area contributed by atoms with Crippen LogP contribution in [-0.4, -0.2) is 50.6 Å². The maximum absolute atomic E-state index is 11.7. The molecule has 1 atom stereocenters. The largest absolute Gasteiger partial charge is 0.469 e. The molecular weight excluding hydrogens is 276 g/mol. The van der Waals surface area contributed by atoms with E-state index in [0.29, 0.717) is 13.1 Å². The molecule has 0 aliphatic carbocycles. The van der Waals surface area contributed by atoms with Crippen LogP contribution in [0, 0.1) is 5.92 Å². The minimum absolute atomic E-state index is 0.0267. The summed E-state index contributed by atoms with van der Waals surface area (Å²) in [6, 6.07) is 4.06. The molecule has 5 nitrogen and oxygen atoms in total. The van der Waals surface area contributed by atoms with E-state index in [0.717, 1.165) is 6.42 Å². The number of rotatable bonds is 8. The number of nitrogens with zero attached hydrogens (tertiary/aromatic N) is 1. The summed E-state index contributed by atoms with van der Waals surface area (Å²) in [6.45, 7) is 3.22. The smallest absolute Gasteiger partial charge is 0.309 e. The van der Waals surface area contributed by atoms with E-state index in [2.05, 4.69) is 16.1 Å². The van der Waals surface area contributed by atoms with Crippen LogP contribution < -0.4 is 5.32 Å². The summed E-state index contributed by atoms with van der Waals surface area (Å²) in [5, 5.41) is 4.91. The van der Waals surface area contributed by atoms with Crippen molar-refractivity contribution >= 4 is 23.2 Å². The molecule has 1 heterocycles. The summed E-state index contributed by atoms with van der Waals surface area (Å²) in [5.41, 5.74) is 0. The fourth-order valence-electron chi connectivity index (χ4n) is 1.89. The van der Waals surface area contributed by atoms with E-state index < -0.39 is 0 Å². The average Bonchev–Trinajstić information content (AvgIpc) is 2.90. The SMILES string of the molecule is COC(=O)C(C)CN(C)CC(=O)NCCc1cccs1. The molecule has 0 aromatic carbocycles. The van der Waals surface area contributed by atoms with Gasteiger partial charge in [-0.1, -0.05) is 13.0 Å². The molecule has 1 amide bonds. The maximum Gasteiger partial charge on any atom is 0.309 e. The van der Waals surface area contributed by atoms with Crippen molar-refractivity contribution in [1.82, 2.24) is 10.2 Å². The lowest BCUT2D eigenvalue weighted by Crippen LogP contribution is -2.39. The van der Waals surface area contributed by atoms with Crippen molar-refractivity contribution in [2.75, 3.05) is 33.8 Å². The molecule has 1 unspecified atom stereocenters. The molecule has 0 radical (unpaired) electrons. The van der Waals surface area contributed by atoms with Gasteiger partial charge in [-0.15, -0.1) is 11.3 Å². The van der Waals surface area contributed by atoms with E-state index in [4.69, 9.17) is 0 Å². The van der Waals surface area contributed by atoms with Gasteiger partial charge < -0.3 is 10.1 Å². The van der Waals surface area contributed by atoms with E-state index in [-0.39, 0.29) is 24.3 Å². The highest BCUT2D eigenvalue weighted by molar-refractivity contribution is 7.09. The van der Waals surface area contributed by atoms with Gasteiger partial charge in [0.05, 0.1) is 19.6 Å². The molecule has 6 heteroatoms. The van der Waals surface area contributed by atoms with Crippen LogP contribution in [0.4, 0.5) is 0 Å². The van der Waals surface area contributed by atoms with E-state index in [1.54, 1.807) is 18.3 Å².